The zero-order valence-corrected chi connectivity index (χ0v) is 25.6. The number of aliphatic hydroxyl groups is 1. The van der Waals surface area contributed by atoms with Crippen LogP contribution in [0.5, 0.6) is 0 Å². The summed E-state index contributed by atoms with van der Waals surface area (Å²) in [7, 11) is -4.02. The molecule has 3 aromatic rings. The van der Waals surface area contributed by atoms with Crippen LogP contribution in [0.2, 0.25) is 5.02 Å². The molecule has 230 valence electrons. The van der Waals surface area contributed by atoms with Crippen molar-refractivity contribution in [3.05, 3.63) is 74.8 Å². The number of rotatable bonds is 8. The minimum atomic E-state index is -4.02. The number of halogens is 4. The maximum Gasteiger partial charge on any atom is 0.333 e. The molecule has 43 heavy (non-hydrogen) atoms. The quantitative estimate of drug-likeness (QED) is 0.367. The standard InChI is InChI=1S/C27H29ClF3N7O3S2/c1-27(2,39)21-4-3-9-38(21)43(40,41)35-16-13-20-22(19-7-10-37(34-19)26(30)31)23(17-6-5-15(29)12-18(17)28)33-24(36(20)14-16)25-32-8-11-42-25/h5-8,10-12,16,21,23,26,35,39H,3-4,9,13-14H2,1-2H3/t16-,21-,23-/m0/s1. The summed E-state index contributed by atoms with van der Waals surface area (Å²) in [4.78, 5) is 11.2. The van der Waals surface area contributed by atoms with E-state index < -0.39 is 46.3 Å². The minimum absolute atomic E-state index is 0.0917. The van der Waals surface area contributed by atoms with E-state index >= 15 is 0 Å². The van der Waals surface area contributed by atoms with Gasteiger partial charge in [-0.15, -0.1) is 11.3 Å². The highest BCUT2D eigenvalue weighted by atomic mass is 35.5. The summed E-state index contributed by atoms with van der Waals surface area (Å²) in [6.45, 7) is 0.754. The van der Waals surface area contributed by atoms with E-state index in [1.807, 2.05) is 4.90 Å². The summed E-state index contributed by atoms with van der Waals surface area (Å²) in [5, 5.41) is 17.2. The van der Waals surface area contributed by atoms with Crippen LogP contribution in [0.3, 0.4) is 0 Å². The number of nitrogens with zero attached hydrogens (tertiary/aromatic N) is 6. The number of aromatic nitrogens is 3. The molecule has 2 fully saturated rings. The molecule has 0 saturated carbocycles. The van der Waals surface area contributed by atoms with E-state index in [9.17, 15) is 26.7 Å². The number of amidine groups is 1. The van der Waals surface area contributed by atoms with Gasteiger partial charge in [0.15, 0.2) is 10.8 Å². The van der Waals surface area contributed by atoms with E-state index in [2.05, 4.69) is 14.8 Å². The number of nitrogens with one attached hydrogen (secondary N) is 1. The topological polar surface area (TPSA) is 116 Å². The van der Waals surface area contributed by atoms with Gasteiger partial charge in [-0.3, -0.25) is 4.99 Å². The number of thiazole rings is 1. The average Bonchev–Trinajstić information content (AvgIpc) is 3.73. The van der Waals surface area contributed by atoms with Gasteiger partial charge in [-0.05, 0) is 44.9 Å². The van der Waals surface area contributed by atoms with E-state index in [0.717, 1.165) is 12.3 Å². The number of fused-ring (bicyclic) bond motifs is 1. The van der Waals surface area contributed by atoms with Gasteiger partial charge in [-0.2, -0.15) is 31.3 Å². The Bertz CT molecular complexity index is 1690. The lowest BCUT2D eigenvalue weighted by Crippen LogP contribution is -2.53. The van der Waals surface area contributed by atoms with Gasteiger partial charge in [0.2, 0.25) is 0 Å². The van der Waals surface area contributed by atoms with E-state index in [1.54, 1.807) is 25.4 Å². The Morgan fingerprint density at radius 1 is 1.26 bits per heavy atom. The fourth-order valence-electron chi connectivity index (χ4n) is 6.04. The molecular weight excluding hydrogens is 627 g/mol. The van der Waals surface area contributed by atoms with Crippen molar-refractivity contribution < 1.29 is 26.7 Å². The number of benzene rings is 1. The summed E-state index contributed by atoms with van der Waals surface area (Å²) < 4.78 is 73.1. The molecule has 0 amide bonds. The molecule has 0 radical (unpaired) electrons. The molecule has 3 aliphatic rings. The van der Waals surface area contributed by atoms with Crippen molar-refractivity contribution in [2.45, 2.75) is 63.4 Å². The summed E-state index contributed by atoms with van der Waals surface area (Å²) in [6, 6.07) is 3.24. The van der Waals surface area contributed by atoms with Crippen LogP contribution in [0, 0.1) is 5.82 Å². The summed E-state index contributed by atoms with van der Waals surface area (Å²) in [6.07, 6.45) is 4.10. The SMILES string of the molecule is CC(C)(O)[C@@H]1CCCN1S(=O)(=O)N[C@H]1CC2=C(c3ccn(C(F)F)n3)[C@H](c3ccc(F)cc3Cl)N=C(c3nccs3)N2C1. The summed E-state index contributed by atoms with van der Waals surface area (Å²) in [5.41, 5.74) is 0.464. The number of alkyl halides is 2. The van der Waals surface area contributed by atoms with Crippen molar-refractivity contribution in [1.82, 2.24) is 28.7 Å². The molecule has 1 aromatic carbocycles. The smallest absolute Gasteiger partial charge is 0.333 e. The Morgan fingerprint density at radius 2 is 2.05 bits per heavy atom. The van der Waals surface area contributed by atoms with E-state index in [1.165, 1.54) is 33.8 Å². The van der Waals surface area contributed by atoms with Gasteiger partial charge >= 0.3 is 6.55 Å². The lowest BCUT2D eigenvalue weighted by atomic mass is 9.92. The molecule has 2 saturated heterocycles. The Hall–Kier alpha value is -2.82. The molecule has 2 aromatic heterocycles. The first-order valence-electron chi connectivity index (χ1n) is 13.6. The van der Waals surface area contributed by atoms with Crippen molar-refractivity contribution in [1.29, 1.82) is 0 Å². The molecule has 3 aliphatic heterocycles. The molecule has 0 aliphatic carbocycles. The molecule has 2 N–H and O–H groups in total. The maximum absolute atomic E-state index is 14.0. The van der Waals surface area contributed by atoms with Crippen molar-refractivity contribution in [3.63, 3.8) is 0 Å². The third-order valence-electron chi connectivity index (χ3n) is 7.87. The van der Waals surface area contributed by atoms with Crippen LogP contribution in [-0.2, 0) is 10.2 Å². The Balaban J connectivity index is 1.45. The first-order valence-corrected chi connectivity index (χ1v) is 16.3. The Kier molecular flexibility index (Phi) is 7.92. The molecule has 3 atom stereocenters. The molecular formula is C27H29ClF3N7O3S2. The normalized spacial score (nSPS) is 23.4. The molecule has 10 nitrogen and oxygen atoms in total. The van der Waals surface area contributed by atoms with Crippen molar-refractivity contribution in [3.8, 4) is 0 Å². The first-order chi connectivity index (χ1) is 20.3. The Labute approximate surface area is 255 Å². The zero-order valence-electron chi connectivity index (χ0n) is 23.2. The number of aliphatic imine (C=N–C) groups is 1. The predicted octanol–water partition coefficient (Wildman–Crippen LogP) is 4.58. The second-order valence-corrected chi connectivity index (χ2v) is 14.2. The van der Waals surface area contributed by atoms with E-state index in [0.29, 0.717) is 45.2 Å². The predicted molar refractivity (Wildman–Crippen MR) is 156 cm³/mol. The molecule has 5 heterocycles. The van der Waals surface area contributed by atoms with Crippen LogP contribution in [0.25, 0.3) is 5.57 Å². The van der Waals surface area contributed by atoms with Gasteiger partial charge in [0.05, 0.1) is 17.3 Å². The lowest BCUT2D eigenvalue weighted by molar-refractivity contribution is 0.0211. The highest BCUT2D eigenvalue weighted by molar-refractivity contribution is 7.87. The largest absolute Gasteiger partial charge is 0.389 e. The van der Waals surface area contributed by atoms with Crippen LogP contribution in [0.4, 0.5) is 13.2 Å². The van der Waals surface area contributed by atoms with Gasteiger partial charge in [-0.25, -0.2) is 14.1 Å². The lowest BCUT2D eigenvalue weighted by Gasteiger charge is -2.33. The van der Waals surface area contributed by atoms with Crippen LogP contribution >= 0.6 is 22.9 Å². The monoisotopic (exact) mass is 655 g/mol. The van der Waals surface area contributed by atoms with Gasteiger partial charge in [0.25, 0.3) is 10.2 Å². The fourth-order valence-corrected chi connectivity index (χ4v) is 8.74. The van der Waals surface area contributed by atoms with Gasteiger partial charge < -0.3 is 10.0 Å². The van der Waals surface area contributed by atoms with Crippen molar-refractivity contribution in [2.24, 2.45) is 4.99 Å². The summed E-state index contributed by atoms with van der Waals surface area (Å²) >= 11 is 7.84. The van der Waals surface area contributed by atoms with Crippen LogP contribution in [-0.4, -0.2) is 74.1 Å². The third-order valence-corrected chi connectivity index (χ3v) is 10.7. The second kappa shape index (κ2) is 11.3. The first kappa shape index (κ1) is 30.2. The van der Waals surface area contributed by atoms with Gasteiger partial charge in [0.1, 0.15) is 11.9 Å². The fraction of sp³-hybridized carbons (Fsp3) is 0.444. The van der Waals surface area contributed by atoms with Crippen LogP contribution < -0.4 is 4.72 Å². The maximum atomic E-state index is 14.0. The van der Waals surface area contributed by atoms with Crippen LogP contribution in [0.1, 0.15) is 62.0 Å². The van der Waals surface area contributed by atoms with E-state index in [4.69, 9.17) is 16.6 Å². The number of hydrogen-bond donors (Lipinski definition) is 2. The van der Waals surface area contributed by atoms with Crippen LogP contribution in [0.15, 0.2) is 52.7 Å². The van der Waals surface area contributed by atoms with Crippen molar-refractivity contribution >= 4 is 44.6 Å². The molecule has 16 heteroatoms. The van der Waals surface area contributed by atoms with Crippen molar-refractivity contribution in [2.75, 3.05) is 13.1 Å². The van der Waals surface area contributed by atoms with Gasteiger partial charge in [0, 0.05) is 65.2 Å². The number of hydrogen-bond acceptors (Lipinski definition) is 8. The highest BCUT2D eigenvalue weighted by Gasteiger charge is 2.46. The molecule has 0 spiro atoms. The molecule has 0 bridgehead atoms. The zero-order chi connectivity index (χ0) is 30.7. The molecule has 6 rings (SSSR count). The minimum Gasteiger partial charge on any atom is -0.389 e. The van der Waals surface area contributed by atoms with E-state index in [-0.39, 0.29) is 30.2 Å². The second-order valence-electron chi connectivity index (χ2n) is 11.2. The third kappa shape index (κ3) is 5.73. The molecule has 0 unspecified atom stereocenters. The highest BCUT2D eigenvalue weighted by Crippen LogP contribution is 2.46. The van der Waals surface area contributed by atoms with Gasteiger partial charge in [-0.1, -0.05) is 17.7 Å². The summed E-state index contributed by atoms with van der Waals surface area (Å²) in [5.74, 6) is -0.0993. The Morgan fingerprint density at radius 3 is 2.70 bits per heavy atom. The average molecular weight is 656 g/mol.